The van der Waals surface area contributed by atoms with Crippen molar-refractivity contribution in [1.82, 2.24) is 4.90 Å². The molecule has 2 aromatic rings. The first-order valence-electron chi connectivity index (χ1n) is 8.00. The molecule has 2 aromatic carbocycles. The number of likely N-dealkylation sites (tertiary alicyclic amines) is 1. The summed E-state index contributed by atoms with van der Waals surface area (Å²) in [6.07, 6.45) is 1.93. The summed E-state index contributed by atoms with van der Waals surface area (Å²) < 4.78 is 19.0. The predicted molar refractivity (Wildman–Crippen MR) is 93.8 cm³/mol. The number of hydrogen-bond acceptors (Lipinski definition) is 3. The van der Waals surface area contributed by atoms with E-state index >= 15 is 0 Å². The molecule has 1 aliphatic rings. The van der Waals surface area contributed by atoms with Gasteiger partial charge in [0.25, 0.3) is 0 Å². The van der Waals surface area contributed by atoms with Gasteiger partial charge in [-0.1, -0.05) is 24.3 Å². The van der Waals surface area contributed by atoms with Gasteiger partial charge in [0, 0.05) is 11.4 Å². The number of ether oxygens (including phenoxy) is 1. The summed E-state index contributed by atoms with van der Waals surface area (Å²) in [6, 6.07) is 14.5. The van der Waals surface area contributed by atoms with Crippen LogP contribution >= 0.6 is 11.8 Å². The topological polar surface area (TPSA) is 29.5 Å². The van der Waals surface area contributed by atoms with Gasteiger partial charge in [0.05, 0.1) is 18.9 Å². The van der Waals surface area contributed by atoms with Crippen molar-refractivity contribution in [2.45, 2.75) is 23.8 Å². The SMILES string of the molecule is COc1cccc(C2CCCN2C(=O)CSc2ccccc2F)c1. The van der Waals surface area contributed by atoms with Crippen LogP contribution < -0.4 is 4.74 Å². The fourth-order valence-corrected chi connectivity index (χ4v) is 3.87. The second-order valence-electron chi connectivity index (χ2n) is 5.74. The van der Waals surface area contributed by atoms with Gasteiger partial charge in [-0.3, -0.25) is 4.79 Å². The van der Waals surface area contributed by atoms with Crippen molar-refractivity contribution in [3.63, 3.8) is 0 Å². The maximum absolute atomic E-state index is 13.7. The summed E-state index contributed by atoms with van der Waals surface area (Å²) in [5, 5.41) is 0. The fraction of sp³-hybridized carbons (Fsp3) is 0.316. The van der Waals surface area contributed by atoms with Crippen LogP contribution in [0, 0.1) is 5.82 Å². The second-order valence-corrected chi connectivity index (χ2v) is 6.76. The Morgan fingerprint density at radius 3 is 2.92 bits per heavy atom. The third kappa shape index (κ3) is 3.73. The molecule has 126 valence electrons. The number of halogens is 1. The average molecular weight is 345 g/mol. The predicted octanol–water partition coefficient (Wildman–Crippen LogP) is 4.29. The lowest BCUT2D eigenvalue weighted by molar-refractivity contribution is -0.129. The van der Waals surface area contributed by atoms with Crippen LogP contribution in [0.25, 0.3) is 0 Å². The largest absolute Gasteiger partial charge is 0.497 e. The van der Waals surface area contributed by atoms with Crippen LogP contribution in [0.2, 0.25) is 0 Å². The van der Waals surface area contributed by atoms with E-state index in [0.717, 1.165) is 30.7 Å². The van der Waals surface area contributed by atoms with Gasteiger partial charge in [-0.25, -0.2) is 4.39 Å². The van der Waals surface area contributed by atoms with Gasteiger partial charge in [-0.05, 0) is 42.7 Å². The molecular formula is C19H20FNO2S. The summed E-state index contributed by atoms with van der Waals surface area (Å²) >= 11 is 1.26. The monoisotopic (exact) mass is 345 g/mol. The number of nitrogens with zero attached hydrogens (tertiary/aromatic N) is 1. The smallest absolute Gasteiger partial charge is 0.233 e. The normalized spacial score (nSPS) is 17.1. The molecule has 0 aliphatic carbocycles. The van der Waals surface area contributed by atoms with Crippen LogP contribution in [-0.2, 0) is 4.79 Å². The third-order valence-corrected chi connectivity index (χ3v) is 5.27. The van der Waals surface area contributed by atoms with Crippen LogP contribution in [0.15, 0.2) is 53.4 Å². The number of carbonyl (C=O) groups excluding carboxylic acids is 1. The van der Waals surface area contributed by atoms with E-state index in [0.29, 0.717) is 4.90 Å². The van der Waals surface area contributed by atoms with Gasteiger partial charge >= 0.3 is 0 Å². The number of rotatable bonds is 5. The summed E-state index contributed by atoms with van der Waals surface area (Å²) in [4.78, 5) is 15.0. The Hall–Kier alpha value is -2.01. The van der Waals surface area contributed by atoms with Crippen LogP contribution in [0.1, 0.15) is 24.4 Å². The summed E-state index contributed by atoms with van der Waals surface area (Å²) in [7, 11) is 1.64. The standard InChI is InChI=1S/C19H20FNO2S/c1-23-15-7-4-6-14(12-15)17-9-5-11-21(17)19(22)13-24-18-10-3-2-8-16(18)20/h2-4,6-8,10,12,17H,5,9,11,13H2,1H3. The number of thioether (sulfide) groups is 1. The Morgan fingerprint density at radius 1 is 1.29 bits per heavy atom. The minimum atomic E-state index is -0.277. The van der Waals surface area contributed by atoms with E-state index in [1.807, 2.05) is 29.2 Å². The van der Waals surface area contributed by atoms with Gasteiger partial charge in [0.15, 0.2) is 0 Å². The lowest BCUT2D eigenvalue weighted by atomic mass is 10.0. The van der Waals surface area contributed by atoms with E-state index in [1.54, 1.807) is 25.3 Å². The minimum absolute atomic E-state index is 0.0496. The van der Waals surface area contributed by atoms with Gasteiger partial charge in [-0.2, -0.15) is 0 Å². The van der Waals surface area contributed by atoms with Crippen LogP contribution in [0.3, 0.4) is 0 Å². The van der Waals surface area contributed by atoms with Crippen LogP contribution in [-0.4, -0.2) is 30.2 Å². The highest BCUT2D eigenvalue weighted by Crippen LogP contribution is 2.34. The molecule has 1 aliphatic heterocycles. The van der Waals surface area contributed by atoms with Crippen molar-refractivity contribution >= 4 is 17.7 Å². The molecule has 1 fully saturated rings. The van der Waals surface area contributed by atoms with Crippen molar-refractivity contribution < 1.29 is 13.9 Å². The maximum atomic E-state index is 13.7. The van der Waals surface area contributed by atoms with E-state index in [2.05, 4.69) is 0 Å². The highest BCUT2D eigenvalue weighted by Gasteiger charge is 2.30. The van der Waals surface area contributed by atoms with E-state index in [4.69, 9.17) is 4.74 Å². The molecule has 1 amide bonds. The van der Waals surface area contributed by atoms with Crippen molar-refractivity contribution in [3.05, 3.63) is 59.9 Å². The molecule has 1 saturated heterocycles. The average Bonchev–Trinajstić information content (AvgIpc) is 3.11. The number of carbonyl (C=O) groups is 1. The first-order valence-corrected chi connectivity index (χ1v) is 8.98. The molecule has 1 atom stereocenters. The molecular weight excluding hydrogens is 325 g/mol. The quantitative estimate of drug-likeness (QED) is 0.757. The van der Waals surface area contributed by atoms with Crippen molar-refractivity contribution in [3.8, 4) is 5.75 Å². The van der Waals surface area contributed by atoms with E-state index < -0.39 is 0 Å². The molecule has 0 radical (unpaired) electrons. The Labute approximate surface area is 145 Å². The Morgan fingerprint density at radius 2 is 2.12 bits per heavy atom. The number of methoxy groups -OCH3 is 1. The highest BCUT2D eigenvalue weighted by atomic mass is 32.2. The highest BCUT2D eigenvalue weighted by molar-refractivity contribution is 8.00. The fourth-order valence-electron chi connectivity index (χ4n) is 3.04. The molecule has 0 spiro atoms. The van der Waals surface area contributed by atoms with Crippen LogP contribution in [0.4, 0.5) is 4.39 Å². The van der Waals surface area contributed by atoms with E-state index in [9.17, 15) is 9.18 Å². The van der Waals surface area contributed by atoms with Gasteiger partial charge in [-0.15, -0.1) is 11.8 Å². The maximum Gasteiger partial charge on any atom is 0.233 e. The van der Waals surface area contributed by atoms with Gasteiger partial charge in [0.1, 0.15) is 11.6 Å². The molecule has 0 aromatic heterocycles. The molecule has 0 bridgehead atoms. The molecule has 24 heavy (non-hydrogen) atoms. The minimum Gasteiger partial charge on any atom is -0.497 e. The molecule has 1 unspecified atom stereocenters. The molecule has 0 saturated carbocycles. The summed E-state index contributed by atoms with van der Waals surface area (Å²) in [5.74, 6) is 0.823. The first kappa shape index (κ1) is 16.8. The van der Waals surface area contributed by atoms with E-state index in [1.165, 1.54) is 17.8 Å². The zero-order valence-electron chi connectivity index (χ0n) is 13.6. The number of amides is 1. The molecule has 3 nitrogen and oxygen atoms in total. The Kier molecular flexibility index (Phi) is 5.41. The van der Waals surface area contributed by atoms with Crippen LogP contribution in [0.5, 0.6) is 5.75 Å². The molecule has 5 heteroatoms. The first-order chi connectivity index (χ1) is 11.7. The van der Waals surface area contributed by atoms with Gasteiger partial charge < -0.3 is 9.64 Å². The van der Waals surface area contributed by atoms with E-state index in [-0.39, 0.29) is 23.5 Å². The van der Waals surface area contributed by atoms with Crippen molar-refractivity contribution in [2.24, 2.45) is 0 Å². The van der Waals surface area contributed by atoms with Crippen molar-refractivity contribution in [1.29, 1.82) is 0 Å². The second kappa shape index (κ2) is 7.71. The Balaban J connectivity index is 1.68. The zero-order chi connectivity index (χ0) is 16.9. The van der Waals surface area contributed by atoms with Crippen molar-refractivity contribution in [2.75, 3.05) is 19.4 Å². The van der Waals surface area contributed by atoms with Gasteiger partial charge in [0.2, 0.25) is 5.91 Å². The molecule has 3 rings (SSSR count). The molecule has 1 heterocycles. The lowest BCUT2D eigenvalue weighted by Crippen LogP contribution is -2.32. The Bertz CT molecular complexity index is 722. The summed E-state index contributed by atoms with van der Waals surface area (Å²) in [6.45, 7) is 0.749. The zero-order valence-corrected chi connectivity index (χ0v) is 14.4. The lowest BCUT2D eigenvalue weighted by Gasteiger charge is -2.25. The molecule has 0 N–H and O–H groups in total. The third-order valence-electron chi connectivity index (χ3n) is 4.24. The summed E-state index contributed by atoms with van der Waals surface area (Å²) in [5.41, 5.74) is 1.09. The number of hydrogen-bond donors (Lipinski definition) is 0. The number of benzene rings is 2.